The van der Waals surface area contributed by atoms with E-state index in [1.165, 1.54) is 12.1 Å². The number of nitrogens with one attached hydrogen (secondary N) is 1. The Hall–Kier alpha value is -1.40. The molecule has 0 spiro atoms. The quantitative estimate of drug-likeness (QED) is 0.729. The van der Waals surface area contributed by atoms with Crippen molar-refractivity contribution in [1.29, 1.82) is 0 Å². The van der Waals surface area contributed by atoms with Crippen molar-refractivity contribution in [3.63, 3.8) is 0 Å². The molecule has 0 radical (unpaired) electrons. The summed E-state index contributed by atoms with van der Waals surface area (Å²) in [7, 11) is -3.39. The van der Waals surface area contributed by atoms with Crippen molar-refractivity contribution < 1.29 is 13.2 Å². The Morgan fingerprint density at radius 1 is 1.26 bits per heavy atom. The number of amides is 1. The van der Waals surface area contributed by atoms with Crippen LogP contribution in [0, 0.1) is 0 Å². The summed E-state index contributed by atoms with van der Waals surface area (Å²) in [6.45, 7) is 2.64. The topological polar surface area (TPSA) is 89.3 Å². The lowest BCUT2D eigenvalue weighted by atomic mass is 10.2. The van der Waals surface area contributed by atoms with E-state index in [1.54, 1.807) is 19.1 Å². The lowest BCUT2D eigenvalue weighted by molar-refractivity contribution is 0.0949. The minimum Gasteiger partial charge on any atom is -0.352 e. The normalized spacial score (nSPS) is 11.3. The molecule has 5 nitrogen and oxygen atoms in total. The first-order valence-corrected chi connectivity index (χ1v) is 7.98. The van der Waals surface area contributed by atoms with Crippen LogP contribution in [0.3, 0.4) is 0 Å². The van der Waals surface area contributed by atoms with Crippen LogP contribution in [0.2, 0.25) is 0 Å². The second-order valence-electron chi connectivity index (χ2n) is 4.15. The maximum atomic E-state index is 12.0. The van der Waals surface area contributed by atoms with Crippen molar-refractivity contribution in [2.24, 2.45) is 5.73 Å². The van der Waals surface area contributed by atoms with E-state index in [1.807, 2.05) is 0 Å². The molecule has 0 heterocycles. The fourth-order valence-electron chi connectivity index (χ4n) is 1.65. The van der Waals surface area contributed by atoms with Gasteiger partial charge in [-0.15, -0.1) is 0 Å². The van der Waals surface area contributed by atoms with Crippen molar-refractivity contribution in [2.45, 2.75) is 24.7 Å². The molecule has 106 valence electrons. The van der Waals surface area contributed by atoms with Gasteiger partial charge in [-0.25, -0.2) is 8.42 Å². The van der Waals surface area contributed by atoms with Crippen LogP contribution in [0.5, 0.6) is 0 Å². The highest BCUT2D eigenvalue weighted by atomic mass is 32.2. The van der Waals surface area contributed by atoms with Crippen molar-refractivity contribution in [3.05, 3.63) is 29.8 Å². The zero-order valence-corrected chi connectivity index (χ0v) is 11.9. The zero-order chi connectivity index (χ0) is 14.3. The number of carbonyl (C=O) groups is 1. The monoisotopic (exact) mass is 284 g/mol. The van der Waals surface area contributed by atoms with Gasteiger partial charge in [0.2, 0.25) is 0 Å². The van der Waals surface area contributed by atoms with Crippen LogP contribution < -0.4 is 11.1 Å². The van der Waals surface area contributed by atoms with E-state index < -0.39 is 9.84 Å². The molecule has 0 saturated carbocycles. The molecule has 19 heavy (non-hydrogen) atoms. The number of hydrogen-bond donors (Lipinski definition) is 2. The molecule has 0 fully saturated rings. The molecule has 0 aliphatic carbocycles. The van der Waals surface area contributed by atoms with Gasteiger partial charge in [-0.3, -0.25) is 4.79 Å². The Morgan fingerprint density at radius 2 is 1.95 bits per heavy atom. The third kappa shape index (κ3) is 4.33. The van der Waals surface area contributed by atoms with E-state index in [0.717, 1.165) is 12.8 Å². The van der Waals surface area contributed by atoms with E-state index in [2.05, 4.69) is 5.32 Å². The van der Waals surface area contributed by atoms with Gasteiger partial charge < -0.3 is 11.1 Å². The largest absolute Gasteiger partial charge is 0.352 e. The average Bonchev–Trinajstić information content (AvgIpc) is 2.43. The highest BCUT2D eigenvalue weighted by molar-refractivity contribution is 7.91. The average molecular weight is 284 g/mol. The second kappa shape index (κ2) is 7.25. The smallest absolute Gasteiger partial charge is 0.252 e. The minimum atomic E-state index is -3.39. The van der Waals surface area contributed by atoms with Crippen LogP contribution >= 0.6 is 0 Å². The SMILES string of the molecule is CCS(=O)(=O)c1ccccc1C(=O)NCCCCN. The Bertz CT molecular complexity index is 526. The Morgan fingerprint density at radius 3 is 2.58 bits per heavy atom. The summed E-state index contributed by atoms with van der Waals surface area (Å²) < 4.78 is 23.8. The lowest BCUT2D eigenvalue weighted by Crippen LogP contribution is -2.26. The van der Waals surface area contributed by atoms with E-state index in [-0.39, 0.29) is 22.1 Å². The van der Waals surface area contributed by atoms with Crippen LogP contribution in [-0.4, -0.2) is 33.2 Å². The standard InChI is InChI=1S/C13H20N2O3S/c1-2-19(17,18)12-8-4-3-7-11(12)13(16)15-10-6-5-9-14/h3-4,7-8H,2,5-6,9-10,14H2,1H3,(H,15,16). The molecule has 1 aromatic rings. The van der Waals surface area contributed by atoms with Gasteiger partial charge in [-0.1, -0.05) is 19.1 Å². The Balaban J connectivity index is 2.86. The number of rotatable bonds is 7. The number of hydrogen-bond acceptors (Lipinski definition) is 4. The molecule has 1 amide bonds. The first kappa shape index (κ1) is 15.7. The summed E-state index contributed by atoms with van der Waals surface area (Å²) in [4.78, 5) is 12.1. The van der Waals surface area contributed by atoms with Crippen LogP contribution in [0.25, 0.3) is 0 Å². The van der Waals surface area contributed by atoms with Gasteiger partial charge in [0.05, 0.1) is 16.2 Å². The molecule has 0 aliphatic heterocycles. The number of sulfone groups is 1. The molecule has 1 aromatic carbocycles. The van der Waals surface area contributed by atoms with E-state index >= 15 is 0 Å². The van der Waals surface area contributed by atoms with Crippen molar-refractivity contribution in [1.82, 2.24) is 5.32 Å². The number of benzene rings is 1. The van der Waals surface area contributed by atoms with E-state index in [4.69, 9.17) is 5.73 Å². The predicted octanol–water partition coefficient (Wildman–Crippen LogP) is 0.949. The predicted molar refractivity (Wildman–Crippen MR) is 74.8 cm³/mol. The third-order valence-electron chi connectivity index (χ3n) is 2.76. The van der Waals surface area contributed by atoms with Gasteiger partial charge in [0, 0.05) is 6.54 Å². The summed E-state index contributed by atoms with van der Waals surface area (Å²) in [6, 6.07) is 6.27. The molecule has 0 bridgehead atoms. The van der Waals surface area contributed by atoms with E-state index in [0.29, 0.717) is 13.1 Å². The van der Waals surface area contributed by atoms with E-state index in [9.17, 15) is 13.2 Å². The molecule has 3 N–H and O–H groups in total. The number of unbranched alkanes of at least 4 members (excludes halogenated alkanes) is 1. The summed E-state index contributed by atoms with van der Waals surface area (Å²) in [5, 5.41) is 2.71. The van der Waals surface area contributed by atoms with Gasteiger partial charge in [0.25, 0.3) is 5.91 Å². The van der Waals surface area contributed by atoms with Gasteiger partial charge >= 0.3 is 0 Å². The van der Waals surface area contributed by atoms with Crippen molar-refractivity contribution in [3.8, 4) is 0 Å². The molecule has 0 aliphatic rings. The van der Waals surface area contributed by atoms with Crippen LogP contribution in [0.15, 0.2) is 29.2 Å². The Kier molecular flexibility index (Phi) is 5.98. The Labute approximate surface area is 114 Å². The second-order valence-corrected chi connectivity index (χ2v) is 6.40. The van der Waals surface area contributed by atoms with Gasteiger partial charge in [0.15, 0.2) is 9.84 Å². The summed E-state index contributed by atoms with van der Waals surface area (Å²) in [6.07, 6.45) is 1.61. The van der Waals surface area contributed by atoms with Crippen LogP contribution in [0.4, 0.5) is 0 Å². The summed E-state index contributed by atoms with van der Waals surface area (Å²) >= 11 is 0. The summed E-state index contributed by atoms with van der Waals surface area (Å²) in [5.41, 5.74) is 5.57. The fraction of sp³-hybridized carbons (Fsp3) is 0.462. The zero-order valence-electron chi connectivity index (χ0n) is 11.1. The van der Waals surface area contributed by atoms with Gasteiger partial charge in [-0.05, 0) is 31.5 Å². The highest BCUT2D eigenvalue weighted by Crippen LogP contribution is 2.16. The highest BCUT2D eigenvalue weighted by Gasteiger charge is 2.19. The number of carbonyl (C=O) groups excluding carboxylic acids is 1. The van der Waals surface area contributed by atoms with Crippen LogP contribution in [-0.2, 0) is 9.84 Å². The van der Waals surface area contributed by atoms with Crippen LogP contribution in [0.1, 0.15) is 30.1 Å². The molecule has 0 saturated heterocycles. The molecular weight excluding hydrogens is 264 g/mol. The molecule has 6 heteroatoms. The van der Waals surface area contributed by atoms with Crippen molar-refractivity contribution >= 4 is 15.7 Å². The minimum absolute atomic E-state index is 0.0233. The maximum absolute atomic E-state index is 12.0. The maximum Gasteiger partial charge on any atom is 0.252 e. The summed E-state index contributed by atoms with van der Waals surface area (Å²) in [5.74, 6) is -0.380. The fourth-order valence-corrected chi connectivity index (χ4v) is 2.74. The lowest BCUT2D eigenvalue weighted by Gasteiger charge is -2.09. The molecule has 1 rings (SSSR count). The third-order valence-corrected chi connectivity index (χ3v) is 4.55. The molecule has 0 aromatic heterocycles. The molecule has 0 unspecified atom stereocenters. The molecule has 0 atom stereocenters. The number of nitrogens with two attached hydrogens (primary N) is 1. The first-order valence-electron chi connectivity index (χ1n) is 6.33. The van der Waals surface area contributed by atoms with Crippen molar-refractivity contribution in [2.75, 3.05) is 18.8 Å². The first-order chi connectivity index (χ1) is 9.03. The van der Waals surface area contributed by atoms with Gasteiger partial charge in [0.1, 0.15) is 0 Å². The molecular formula is C13H20N2O3S. The van der Waals surface area contributed by atoms with Gasteiger partial charge in [-0.2, -0.15) is 0 Å².